The molecule has 8 heteroatoms. The molecule has 28 heavy (non-hydrogen) atoms. The van der Waals surface area contributed by atoms with Crippen LogP contribution in [0.4, 0.5) is 13.2 Å². The molecule has 0 atom stereocenters. The first-order valence-corrected chi connectivity index (χ1v) is 8.90. The Morgan fingerprint density at radius 1 is 1.11 bits per heavy atom. The molecule has 1 amide bonds. The molecule has 0 spiro atoms. The highest BCUT2D eigenvalue weighted by Gasteiger charge is 2.32. The van der Waals surface area contributed by atoms with Crippen molar-refractivity contribution in [3.63, 3.8) is 0 Å². The Balaban J connectivity index is 1.73. The van der Waals surface area contributed by atoms with E-state index in [1.165, 1.54) is 22.9 Å². The van der Waals surface area contributed by atoms with Gasteiger partial charge in [-0.15, -0.1) is 0 Å². The minimum atomic E-state index is -4.43. The van der Waals surface area contributed by atoms with Gasteiger partial charge >= 0.3 is 6.18 Å². The first kappa shape index (κ1) is 19.9. The molecule has 1 N–H and O–H groups in total. The lowest BCUT2D eigenvalue weighted by Crippen LogP contribution is -2.27. The molecule has 0 saturated carbocycles. The number of para-hydroxylation sites is 1. The summed E-state index contributed by atoms with van der Waals surface area (Å²) >= 11 is 6.33. The molecule has 1 heterocycles. The molecule has 3 rings (SSSR count). The van der Waals surface area contributed by atoms with Gasteiger partial charge in [0.25, 0.3) is 5.91 Å². The second-order valence-corrected chi connectivity index (χ2v) is 6.52. The van der Waals surface area contributed by atoms with E-state index in [9.17, 15) is 18.0 Å². The number of alkyl halides is 3. The van der Waals surface area contributed by atoms with Crippen molar-refractivity contribution in [2.75, 3.05) is 6.54 Å². The molecule has 0 saturated heterocycles. The Bertz CT molecular complexity index is 984. The Kier molecular flexibility index (Phi) is 5.74. The number of amides is 1. The van der Waals surface area contributed by atoms with Crippen molar-refractivity contribution >= 4 is 17.5 Å². The predicted molar refractivity (Wildman–Crippen MR) is 101 cm³/mol. The van der Waals surface area contributed by atoms with Crippen LogP contribution in [0, 0.1) is 6.92 Å². The predicted octanol–water partition coefficient (Wildman–Crippen LogP) is 4.83. The molecule has 0 radical (unpaired) electrons. The maximum absolute atomic E-state index is 13.1. The molecule has 0 aliphatic rings. The monoisotopic (exact) mass is 407 g/mol. The van der Waals surface area contributed by atoms with E-state index in [1.54, 1.807) is 19.1 Å². The average Bonchev–Trinajstić information content (AvgIpc) is 2.96. The Hall–Kier alpha value is -2.80. The lowest BCUT2D eigenvalue weighted by atomic mass is 10.0. The summed E-state index contributed by atoms with van der Waals surface area (Å²) in [5.41, 5.74) is 0.763. The van der Waals surface area contributed by atoms with E-state index < -0.39 is 17.6 Å². The molecule has 0 bridgehead atoms. The number of hydrogen-bond donors (Lipinski definition) is 1. The van der Waals surface area contributed by atoms with Crippen molar-refractivity contribution in [3.05, 3.63) is 82.1 Å². The zero-order valence-corrected chi connectivity index (χ0v) is 15.7. The van der Waals surface area contributed by atoms with Crippen molar-refractivity contribution in [2.45, 2.75) is 19.5 Å². The van der Waals surface area contributed by atoms with Gasteiger partial charge in [-0.1, -0.05) is 48.0 Å². The second-order valence-electron chi connectivity index (χ2n) is 6.16. The molecule has 146 valence electrons. The molecular formula is C20H17ClF3N3O. The van der Waals surface area contributed by atoms with Gasteiger partial charge in [0, 0.05) is 6.54 Å². The van der Waals surface area contributed by atoms with Crippen LogP contribution in [-0.4, -0.2) is 22.2 Å². The summed E-state index contributed by atoms with van der Waals surface area (Å²) in [6.07, 6.45) is -4.39. The number of carbonyl (C=O) groups is 1. The quantitative estimate of drug-likeness (QED) is 0.658. The zero-order valence-electron chi connectivity index (χ0n) is 14.9. The molecule has 1 aromatic heterocycles. The number of aryl methyl sites for hydroxylation is 1. The number of benzene rings is 2. The highest BCUT2D eigenvalue weighted by molar-refractivity contribution is 6.33. The lowest BCUT2D eigenvalue weighted by molar-refractivity contribution is -0.138. The van der Waals surface area contributed by atoms with Gasteiger partial charge in [0.05, 0.1) is 22.5 Å². The largest absolute Gasteiger partial charge is 0.416 e. The van der Waals surface area contributed by atoms with Crippen molar-refractivity contribution in [1.82, 2.24) is 15.1 Å². The number of nitrogens with zero attached hydrogens (tertiary/aromatic N) is 2. The number of aromatic nitrogens is 2. The van der Waals surface area contributed by atoms with Crippen molar-refractivity contribution in [3.8, 4) is 5.69 Å². The molecule has 0 aliphatic heterocycles. The van der Waals surface area contributed by atoms with E-state index in [4.69, 9.17) is 11.6 Å². The highest BCUT2D eigenvalue weighted by Crippen LogP contribution is 2.32. The fourth-order valence-corrected chi connectivity index (χ4v) is 3.27. The third kappa shape index (κ3) is 4.20. The van der Waals surface area contributed by atoms with Crippen LogP contribution in [0.2, 0.25) is 5.15 Å². The highest BCUT2D eigenvalue weighted by atomic mass is 35.5. The Morgan fingerprint density at radius 2 is 1.75 bits per heavy atom. The van der Waals surface area contributed by atoms with E-state index in [2.05, 4.69) is 10.4 Å². The topological polar surface area (TPSA) is 46.9 Å². The number of hydrogen-bond acceptors (Lipinski definition) is 2. The van der Waals surface area contributed by atoms with Crippen LogP contribution in [0.3, 0.4) is 0 Å². The van der Waals surface area contributed by atoms with Gasteiger partial charge in [-0.3, -0.25) is 4.79 Å². The van der Waals surface area contributed by atoms with Crippen LogP contribution in [0.5, 0.6) is 0 Å². The van der Waals surface area contributed by atoms with E-state index in [1.807, 2.05) is 18.2 Å². The molecule has 0 fully saturated rings. The van der Waals surface area contributed by atoms with Gasteiger partial charge in [-0.05, 0) is 37.1 Å². The van der Waals surface area contributed by atoms with Crippen molar-refractivity contribution < 1.29 is 18.0 Å². The summed E-state index contributed by atoms with van der Waals surface area (Å²) in [6, 6.07) is 14.4. The first-order valence-electron chi connectivity index (χ1n) is 8.53. The summed E-state index contributed by atoms with van der Waals surface area (Å²) in [7, 11) is 0. The SMILES string of the molecule is Cc1nn(-c2ccccc2)c(Cl)c1C(=O)NCCc1ccccc1C(F)(F)F. The van der Waals surface area contributed by atoms with Gasteiger partial charge in [-0.2, -0.15) is 18.3 Å². The maximum Gasteiger partial charge on any atom is 0.416 e. The molecule has 0 unspecified atom stereocenters. The molecule has 0 aliphatic carbocycles. The summed E-state index contributed by atoms with van der Waals surface area (Å²) < 4.78 is 40.6. The Morgan fingerprint density at radius 3 is 2.43 bits per heavy atom. The third-order valence-corrected chi connectivity index (χ3v) is 4.58. The van der Waals surface area contributed by atoms with E-state index in [-0.39, 0.29) is 29.2 Å². The third-order valence-electron chi connectivity index (χ3n) is 4.23. The van der Waals surface area contributed by atoms with Crippen LogP contribution < -0.4 is 5.32 Å². The van der Waals surface area contributed by atoms with E-state index in [0.29, 0.717) is 11.4 Å². The molecular weight excluding hydrogens is 391 g/mol. The maximum atomic E-state index is 13.1. The summed E-state index contributed by atoms with van der Waals surface area (Å²) in [4.78, 5) is 12.5. The summed E-state index contributed by atoms with van der Waals surface area (Å²) in [6.45, 7) is 1.69. The molecule has 4 nitrogen and oxygen atoms in total. The normalized spacial score (nSPS) is 11.5. The van der Waals surface area contributed by atoms with Crippen LogP contribution in [0.1, 0.15) is 27.2 Å². The van der Waals surface area contributed by atoms with Gasteiger partial charge < -0.3 is 5.32 Å². The van der Waals surface area contributed by atoms with E-state index >= 15 is 0 Å². The molecule has 3 aromatic rings. The van der Waals surface area contributed by atoms with Gasteiger partial charge in [-0.25, -0.2) is 4.68 Å². The molecule has 2 aromatic carbocycles. The van der Waals surface area contributed by atoms with Crippen molar-refractivity contribution in [2.24, 2.45) is 0 Å². The number of carbonyl (C=O) groups excluding carboxylic acids is 1. The summed E-state index contributed by atoms with van der Waals surface area (Å²) in [5.74, 6) is -0.478. The van der Waals surface area contributed by atoms with Gasteiger partial charge in [0.1, 0.15) is 5.15 Å². The lowest BCUT2D eigenvalue weighted by Gasteiger charge is -2.13. The second kappa shape index (κ2) is 8.06. The van der Waals surface area contributed by atoms with Crippen LogP contribution in [0.15, 0.2) is 54.6 Å². The fraction of sp³-hybridized carbons (Fsp3) is 0.200. The number of halogens is 4. The Labute approximate surface area is 164 Å². The number of nitrogens with one attached hydrogen (secondary N) is 1. The minimum absolute atomic E-state index is 0.0399. The number of rotatable bonds is 5. The minimum Gasteiger partial charge on any atom is -0.352 e. The smallest absolute Gasteiger partial charge is 0.352 e. The fourth-order valence-electron chi connectivity index (χ4n) is 2.91. The average molecular weight is 408 g/mol. The van der Waals surface area contributed by atoms with Gasteiger partial charge in [0.15, 0.2) is 0 Å². The first-order chi connectivity index (χ1) is 13.3. The van der Waals surface area contributed by atoms with Gasteiger partial charge in [0.2, 0.25) is 0 Å². The standard InChI is InChI=1S/C20H17ClF3N3O/c1-13-17(18(21)27(26-13)15-8-3-2-4-9-15)19(28)25-12-11-14-7-5-6-10-16(14)20(22,23)24/h2-10H,11-12H2,1H3,(H,25,28). The summed E-state index contributed by atoms with van der Waals surface area (Å²) in [5, 5.41) is 7.07. The van der Waals surface area contributed by atoms with Crippen LogP contribution in [-0.2, 0) is 12.6 Å². The van der Waals surface area contributed by atoms with E-state index in [0.717, 1.165) is 6.07 Å². The van der Waals surface area contributed by atoms with Crippen molar-refractivity contribution in [1.29, 1.82) is 0 Å². The zero-order chi connectivity index (χ0) is 20.3. The van der Waals surface area contributed by atoms with Crippen LogP contribution in [0.25, 0.3) is 5.69 Å². The van der Waals surface area contributed by atoms with Crippen LogP contribution >= 0.6 is 11.6 Å².